The number of rotatable bonds is 4. The summed E-state index contributed by atoms with van der Waals surface area (Å²) in [7, 11) is 0. The molecule has 4 heteroatoms. The minimum absolute atomic E-state index is 0.193. The van der Waals surface area contributed by atoms with E-state index in [1.165, 1.54) is 16.5 Å². The number of carbonyl (C=O) groups is 1. The number of aryl methyl sites for hydroxylation is 1. The van der Waals surface area contributed by atoms with E-state index in [1.54, 1.807) is 23.5 Å². The Morgan fingerprint density at radius 2 is 2.24 bits per heavy atom. The fraction of sp³-hybridized carbons (Fsp3) is 0.154. The van der Waals surface area contributed by atoms with Gasteiger partial charge < -0.3 is 15.2 Å². The molecule has 0 unspecified atom stereocenters. The van der Waals surface area contributed by atoms with Crippen LogP contribution in [0.5, 0.6) is 0 Å². The minimum atomic E-state index is -1.15. The first-order chi connectivity index (χ1) is 8.16. The molecule has 17 heavy (non-hydrogen) atoms. The van der Waals surface area contributed by atoms with Gasteiger partial charge in [-0.1, -0.05) is 12.1 Å². The number of benzene rings is 1. The highest BCUT2D eigenvalue weighted by molar-refractivity contribution is 7.10. The van der Waals surface area contributed by atoms with E-state index in [9.17, 15) is 9.90 Å². The van der Waals surface area contributed by atoms with Gasteiger partial charge in [-0.3, -0.25) is 0 Å². The van der Waals surface area contributed by atoms with Crippen LogP contribution in [0.4, 0.5) is 5.69 Å². The monoisotopic (exact) mass is 246 g/mol. The van der Waals surface area contributed by atoms with Gasteiger partial charge in [0.25, 0.3) is 0 Å². The van der Waals surface area contributed by atoms with Gasteiger partial charge in [0.1, 0.15) is 0 Å². The van der Waals surface area contributed by atoms with Crippen LogP contribution in [0.2, 0.25) is 0 Å². The van der Waals surface area contributed by atoms with E-state index in [-0.39, 0.29) is 5.56 Å². The number of carboxylic acids is 1. The van der Waals surface area contributed by atoms with E-state index in [0.29, 0.717) is 6.54 Å². The molecule has 2 rings (SSSR count). The van der Waals surface area contributed by atoms with Crippen molar-refractivity contribution in [1.29, 1.82) is 0 Å². The highest BCUT2D eigenvalue weighted by Gasteiger charge is 2.00. The molecule has 0 spiro atoms. The van der Waals surface area contributed by atoms with Crippen LogP contribution in [0.15, 0.2) is 35.7 Å². The Balaban J connectivity index is 2.07. The fourth-order valence-corrected chi connectivity index (χ4v) is 2.37. The van der Waals surface area contributed by atoms with Crippen molar-refractivity contribution in [1.82, 2.24) is 0 Å². The SMILES string of the molecule is Cc1ccsc1CNc1cccc(C(=O)[O-])c1. The summed E-state index contributed by atoms with van der Waals surface area (Å²) in [6, 6.07) is 8.72. The summed E-state index contributed by atoms with van der Waals surface area (Å²) in [4.78, 5) is 12.0. The van der Waals surface area contributed by atoms with Crippen molar-refractivity contribution in [3.05, 3.63) is 51.7 Å². The number of aromatic carboxylic acids is 1. The quantitative estimate of drug-likeness (QED) is 0.898. The largest absolute Gasteiger partial charge is 0.545 e. The molecule has 0 saturated carbocycles. The number of carboxylic acid groups (broad SMARTS) is 1. The molecule has 88 valence electrons. The van der Waals surface area contributed by atoms with Crippen LogP contribution in [0.25, 0.3) is 0 Å². The van der Waals surface area contributed by atoms with Gasteiger partial charge in [0, 0.05) is 17.1 Å². The highest BCUT2D eigenvalue weighted by atomic mass is 32.1. The van der Waals surface area contributed by atoms with Crippen LogP contribution in [0.1, 0.15) is 20.8 Å². The number of anilines is 1. The van der Waals surface area contributed by atoms with Crippen LogP contribution < -0.4 is 10.4 Å². The van der Waals surface area contributed by atoms with E-state index in [4.69, 9.17) is 0 Å². The third kappa shape index (κ3) is 2.85. The second-order valence-electron chi connectivity index (χ2n) is 3.75. The van der Waals surface area contributed by atoms with Crippen LogP contribution in [0.3, 0.4) is 0 Å². The number of hydrogen-bond donors (Lipinski definition) is 1. The summed E-state index contributed by atoms with van der Waals surface area (Å²) in [5.74, 6) is -1.15. The van der Waals surface area contributed by atoms with Gasteiger partial charge in [-0.2, -0.15) is 0 Å². The second kappa shape index (κ2) is 5.01. The zero-order valence-electron chi connectivity index (χ0n) is 9.40. The van der Waals surface area contributed by atoms with E-state index in [2.05, 4.69) is 18.3 Å². The van der Waals surface area contributed by atoms with Crippen LogP contribution in [-0.4, -0.2) is 5.97 Å². The van der Waals surface area contributed by atoms with Gasteiger partial charge in [-0.25, -0.2) is 0 Å². The third-order valence-corrected chi connectivity index (χ3v) is 3.54. The molecule has 0 atom stereocenters. The Morgan fingerprint density at radius 1 is 1.41 bits per heavy atom. The van der Waals surface area contributed by atoms with E-state index in [1.807, 2.05) is 11.4 Å². The van der Waals surface area contributed by atoms with Crippen LogP contribution in [0, 0.1) is 6.92 Å². The molecule has 0 aliphatic rings. The maximum absolute atomic E-state index is 10.7. The maximum Gasteiger partial charge on any atom is 0.0716 e. The molecule has 3 nitrogen and oxygen atoms in total. The van der Waals surface area contributed by atoms with Crippen molar-refractivity contribution in [2.75, 3.05) is 5.32 Å². The lowest BCUT2D eigenvalue weighted by molar-refractivity contribution is -0.255. The molecule has 0 aliphatic heterocycles. The predicted octanol–water partition coefficient (Wildman–Crippen LogP) is 2.03. The summed E-state index contributed by atoms with van der Waals surface area (Å²) in [6.07, 6.45) is 0. The van der Waals surface area contributed by atoms with Gasteiger partial charge in [0.05, 0.1) is 5.97 Å². The van der Waals surface area contributed by atoms with Crippen molar-refractivity contribution >= 4 is 23.0 Å². The number of hydrogen-bond acceptors (Lipinski definition) is 4. The molecule has 0 aliphatic carbocycles. The normalized spacial score (nSPS) is 10.2. The Morgan fingerprint density at radius 3 is 2.88 bits per heavy atom. The lowest BCUT2D eigenvalue weighted by Crippen LogP contribution is -2.22. The standard InChI is InChI=1S/C13H13NO2S/c1-9-5-6-17-12(9)8-14-11-4-2-3-10(7-11)13(15)16/h2-7,14H,8H2,1H3,(H,15,16)/p-1. The second-order valence-corrected chi connectivity index (χ2v) is 4.75. The first-order valence-electron chi connectivity index (χ1n) is 5.25. The van der Waals surface area contributed by atoms with Crippen molar-refractivity contribution in [2.24, 2.45) is 0 Å². The van der Waals surface area contributed by atoms with Gasteiger partial charge in [-0.15, -0.1) is 11.3 Å². The van der Waals surface area contributed by atoms with Crippen molar-refractivity contribution in [3.8, 4) is 0 Å². The molecule has 1 aromatic heterocycles. The summed E-state index contributed by atoms with van der Waals surface area (Å²) in [5, 5.41) is 16.0. The molecule has 0 saturated heterocycles. The first-order valence-corrected chi connectivity index (χ1v) is 6.13. The van der Waals surface area contributed by atoms with Gasteiger partial charge >= 0.3 is 0 Å². The highest BCUT2D eigenvalue weighted by Crippen LogP contribution is 2.18. The van der Waals surface area contributed by atoms with E-state index in [0.717, 1.165) is 5.69 Å². The van der Waals surface area contributed by atoms with E-state index >= 15 is 0 Å². The topological polar surface area (TPSA) is 52.2 Å². The summed E-state index contributed by atoms with van der Waals surface area (Å²) in [5.41, 5.74) is 2.23. The molecular weight excluding hydrogens is 234 g/mol. The Bertz CT molecular complexity index is 534. The van der Waals surface area contributed by atoms with E-state index < -0.39 is 5.97 Å². The average Bonchev–Trinajstić information content (AvgIpc) is 2.72. The number of nitrogens with one attached hydrogen (secondary N) is 1. The van der Waals surface area contributed by atoms with Crippen molar-refractivity contribution in [2.45, 2.75) is 13.5 Å². The van der Waals surface area contributed by atoms with Crippen LogP contribution >= 0.6 is 11.3 Å². The Kier molecular flexibility index (Phi) is 3.44. The lowest BCUT2D eigenvalue weighted by Gasteiger charge is -2.08. The molecule has 1 aromatic carbocycles. The van der Waals surface area contributed by atoms with Gasteiger partial charge in [0.15, 0.2) is 0 Å². The van der Waals surface area contributed by atoms with Crippen LogP contribution in [-0.2, 0) is 6.54 Å². The average molecular weight is 246 g/mol. The summed E-state index contributed by atoms with van der Waals surface area (Å²) in [6.45, 7) is 2.77. The Hall–Kier alpha value is -1.81. The molecule has 0 radical (unpaired) electrons. The molecular formula is C13H12NO2S-. The molecule has 0 fully saturated rings. The zero-order chi connectivity index (χ0) is 12.3. The summed E-state index contributed by atoms with van der Waals surface area (Å²) < 4.78 is 0. The van der Waals surface area contributed by atoms with Crippen molar-refractivity contribution < 1.29 is 9.90 Å². The molecule has 0 amide bonds. The van der Waals surface area contributed by atoms with Crippen molar-refractivity contribution in [3.63, 3.8) is 0 Å². The predicted molar refractivity (Wildman–Crippen MR) is 67.2 cm³/mol. The first kappa shape index (κ1) is 11.7. The molecule has 1 heterocycles. The molecule has 2 aromatic rings. The number of thiophene rings is 1. The molecule has 1 N–H and O–H groups in total. The fourth-order valence-electron chi connectivity index (χ4n) is 1.52. The smallest absolute Gasteiger partial charge is 0.0716 e. The summed E-state index contributed by atoms with van der Waals surface area (Å²) >= 11 is 1.69. The minimum Gasteiger partial charge on any atom is -0.545 e. The third-order valence-electron chi connectivity index (χ3n) is 2.52. The maximum atomic E-state index is 10.7. The molecule has 0 bridgehead atoms. The van der Waals surface area contributed by atoms with Gasteiger partial charge in [0.2, 0.25) is 0 Å². The Labute approximate surface area is 104 Å². The zero-order valence-corrected chi connectivity index (χ0v) is 10.2. The number of carbonyl (C=O) groups excluding carboxylic acids is 1. The van der Waals surface area contributed by atoms with Gasteiger partial charge in [-0.05, 0) is 41.6 Å². The lowest BCUT2D eigenvalue weighted by atomic mass is 10.2.